The second-order valence-electron chi connectivity index (χ2n) is 6.13. The van der Waals surface area contributed by atoms with E-state index in [9.17, 15) is 5.11 Å². The van der Waals surface area contributed by atoms with Crippen LogP contribution in [0, 0.1) is 5.92 Å². The third-order valence-corrected chi connectivity index (χ3v) is 3.99. The molecule has 0 saturated heterocycles. The Bertz CT molecular complexity index is 367. The highest BCUT2D eigenvalue weighted by molar-refractivity contribution is 5.26. The van der Waals surface area contributed by atoms with Gasteiger partial charge in [-0.25, -0.2) is 0 Å². The molecule has 106 valence electrons. The van der Waals surface area contributed by atoms with Crippen LogP contribution in [0.15, 0.2) is 24.3 Å². The molecule has 19 heavy (non-hydrogen) atoms. The summed E-state index contributed by atoms with van der Waals surface area (Å²) in [4.78, 5) is 0. The van der Waals surface area contributed by atoms with Gasteiger partial charge < -0.3 is 10.4 Å². The second-order valence-corrected chi connectivity index (χ2v) is 6.13. The summed E-state index contributed by atoms with van der Waals surface area (Å²) < 4.78 is 0. The van der Waals surface area contributed by atoms with E-state index in [-0.39, 0.29) is 6.10 Å². The lowest BCUT2D eigenvalue weighted by Crippen LogP contribution is -2.22. The van der Waals surface area contributed by atoms with Crippen LogP contribution in [0.4, 0.5) is 0 Å². The maximum atomic E-state index is 10.1. The first-order valence-electron chi connectivity index (χ1n) is 7.65. The molecule has 0 heterocycles. The van der Waals surface area contributed by atoms with Gasteiger partial charge in [-0.2, -0.15) is 0 Å². The smallest absolute Gasteiger partial charge is 0.0914 e. The predicted octanol–water partition coefficient (Wildman–Crippen LogP) is 3.62. The fraction of sp³-hybridized carbons (Fsp3) is 0.647. The van der Waals surface area contributed by atoms with E-state index in [0.717, 1.165) is 18.0 Å². The molecule has 1 unspecified atom stereocenters. The molecule has 2 nitrogen and oxygen atoms in total. The fourth-order valence-electron chi connectivity index (χ4n) is 2.38. The maximum Gasteiger partial charge on any atom is 0.0914 e. The highest BCUT2D eigenvalue weighted by Crippen LogP contribution is 2.33. The number of aliphatic hydroxyl groups is 1. The largest absolute Gasteiger partial charge is 0.387 e. The zero-order valence-electron chi connectivity index (χ0n) is 12.2. The molecule has 0 bridgehead atoms. The van der Waals surface area contributed by atoms with Crippen LogP contribution in [-0.2, 0) is 0 Å². The first-order valence-corrected chi connectivity index (χ1v) is 7.65. The maximum absolute atomic E-state index is 10.1. The molecule has 0 spiro atoms. The number of rotatable bonds is 8. The Morgan fingerprint density at radius 1 is 1.16 bits per heavy atom. The third-order valence-electron chi connectivity index (χ3n) is 3.99. The highest BCUT2D eigenvalue weighted by atomic mass is 16.3. The highest BCUT2D eigenvalue weighted by Gasteiger charge is 2.19. The minimum Gasteiger partial charge on any atom is -0.387 e. The number of benzene rings is 1. The normalized spacial score (nSPS) is 16.8. The molecule has 1 saturated carbocycles. The number of hydrogen-bond donors (Lipinski definition) is 2. The van der Waals surface area contributed by atoms with E-state index in [1.807, 2.05) is 12.1 Å². The molecule has 1 aromatic rings. The predicted molar refractivity (Wildman–Crippen MR) is 80.3 cm³/mol. The van der Waals surface area contributed by atoms with Gasteiger partial charge in [0.2, 0.25) is 0 Å². The third kappa shape index (κ3) is 4.96. The van der Waals surface area contributed by atoms with Crippen molar-refractivity contribution < 1.29 is 5.11 Å². The summed E-state index contributed by atoms with van der Waals surface area (Å²) in [5.41, 5.74) is 2.34. The van der Waals surface area contributed by atoms with Crippen LogP contribution in [0.3, 0.4) is 0 Å². The van der Waals surface area contributed by atoms with Crippen molar-refractivity contribution in [3.8, 4) is 0 Å². The van der Waals surface area contributed by atoms with Crippen LogP contribution < -0.4 is 5.32 Å². The molecule has 1 aliphatic rings. The van der Waals surface area contributed by atoms with Gasteiger partial charge in [-0.1, -0.05) is 51.0 Å². The average molecular weight is 261 g/mol. The Kier molecular flexibility index (Phi) is 5.41. The van der Waals surface area contributed by atoms with Gasteiger partial charge in [-0.3, -0.25) is 0 Å². The molecule has 0 aromatic heterocycles. The van der Waals surface area contributed by atoms with Gasteiger partial charge in [0.15, 0.2) is 0 Å². The quantitative estimate of drug-likeness (QED) is 0.700. The Morgan fingerprint density at radius 3 is 2.37 bits per heavy atom. The van der Waals surface area contributed by atoms with Crippen LogP contribution in [0.25, 0.3) is 0 Å². The zero-order valence-corrected chi connectivity index (χ0v) is 12.2. The van der Waals surface area contributed by atoms with Crippen molar-refractivity contribution in [1.29, 1.82) is 0 Å². The minimum atomic E-state index is -0.387. The van der Waals surface area contributed by atoms with Crippen LogP contribution in [0.5, 0.6) is 0 Å². The molecule has 1 fully saturated rings. The van der Waals surface area contributed by atoms with Gasteiger partial charge in [-0.05, 0) is 42.3 Å². The Morgan fingerprint density at radius 2 is 1.79 bits per heavy atom. The van der Waals surface area contributed by atoms with Crippen molar-refractivity contribution in [3.63, 3.8) is 0 Å². The van der Waals surface area contributed by atoms with Crippen LogP contribution in [0.1, 0.15) is 62.7 Å². The molecule has 1 atom stereocenters. The lowest BCUT2D eigenvalue weighted by atomic mass is 10.00. The summed E-state index contributed by atoms with van der Waals surface area (Å²) in [7, 11) is 0. The summed E-state index contributed by atoms with van der Waals surface area (Å²) in [5.74, 6) is 1.56. The van der Waals surface area contributed by atoms with E-state index in [0.29, 0.717) is 12.5 Å². The van der Waals surface area contributed by atoms with Gasteiger partial charge >= 0.3 is 0 Å². The lowest BCUT2D eigenvalue weighted by molar-refractivity contribution is 0.174. The Hall–Kier alpha value is -0.860. The number of aliphatic hydroxyl groups excluding tert-OH is 1. The van der Waals surface area contributed by atoms with Crippen LogP contribution >= 0.6 is 0 Å². The molecular weight excluding hydrogens is 234 g/mol. The SMILES string of the molecule is CC(C)c1ccc(C(O)CNCCCC2CC2)cc1. The van der Waals surface area contributed by atoms with Gasteiger partial charge in [0.1, 0.15) is 0 Å². The Labute approximate surface area is 117 Å². The monoisotopic (exact) mass is 261 g/mol. The van der Waals surface area contributed by atoms with Crippen LogP contribution in [-0.4, -0.2) is 18.2 Å². The van der Waals surface area contributed by atoms with Crippen LogP contribution in [0.2, 0.25) is 0 Å². The topological polar surface area (TPSA) is 32.3 Å². The molecule has 1 aliphatic carbocycles. The fourth-order valence-corrected chi connectivity index (χ4v) is 2.38. The molecule has 0 radical (unpaired) electrons. The average Bonchev–Trinajstić information content (AvgIpc) is 3.22. The molecule has 2 N–H and O–H groups in total. The van der Waals surface area contributed by atoms with Crippen molar-refractivity contribution in [3.05, 3.63) is 35.4 Å². The molecule has 2 heteroatoms. The summed E-state index contributed by atoms with van der Waals surface area (Å²) in [6.07, 6.45) is 5.08. The van der Waals surface area contributed by atoms with E-state index >= 15 is 0 Å². The van der Waals surface area contributed by atoms with Crippen molar-refractivity contribution in [2.24, 2.45) is 5.92 Å². The summed E-state index contributed by atoms with van der Waals surface area (Å²) >= 11 is 0. The summed E-state index contributed by atoms with van der Waals surface area (Å²) in [6.45, 7) is 6.06. The summed E-state index contributed by atoms with van der Waals surface area (Å²) in [6, 6.07) is 8.34. The molecule has 1 aromatic carbocycles. The van der Waals surface area contributed by atoms with E-state index < -0.39 is 0 Å². The molecule has 0 aliphatic heterocycles. The van der Waals surface area contributed by atoms with Crippen molar-refractivity contribution in [1.82, 2.24) is 5.32 Å². The second kappa shape index (κ2) is 7.06. The Balaban J connectivity index is 1.67. The molecule has 2 rings (SSSR count). The lowest BCUT2D eigenvalue weighted by Gasteiger charge is -2.13. The first kappa shape index (κ1) is 14.5. The van der Waals surface area contributed by atoms with Gasteiger partial charge in [-0.15, -0.1) is 0 Å². The standard InChI is InChI=1S/C17H27NO/c1-13(2)15-7-9-16(10-8-15)17(19)12-18-11-3-4-14-5-6-14/h7-10,13-14,17-19H,3-6,11-12H2,1-2H3. The molecule has 0 amide bonds. The van der Waals surface area contributed by atoms with Gasteiger partial charge in [0.25, 0.3) is 0 Å². The van der Waals surface area contributed by atoms with E-state index in [2.05, 4.69) is 31.3 Å². The van der Waals surface area contributed by atoms with Crippen molar-refractivity contribution in [2.75, 3.05) is 13.1 Å². The number of nitrogens with one attached hydrogen (secondary N) is 1. The van der Waals surface area contributed by atoms with E-state index in [4.69, 9.17) is 0 Å². The number of hydrogen-bond acceptors (Lipinski definition) is 2. The first-order chi connectivity index (χ1) is 9.16. The zero-order chi connectivity index (χ0) is 13.7. The van der Waals surface area contributed by atoms with Gasteiger partial charge in [0, 0.05) is 6.54 Å². The molecular formula is C17H27NO. The van der Waals surface area contributed by atoms with E-state index in [1.165, 1.54) is 31.2 Å². The van der Waals surface area contributed by atoms with Crippen molar-refractivity contribution >= 4 is 0 Å². The van der Waals surface area contributed by atoms with Crippen molar-refractivity contribution in [2.45, 2.75) is 51.6 Å². The van der Waals surface area contributed by atoms with Gasteiger partial charge in [0.05, 0.1) is 6.10 Å². The van der Waals surface area contributed by atoms with E-state index in [1.54, 1.807) is 0 Å². The summed E-state index contributed by atoms with van der Waals surface area (Å²) in [5, 5.41) is 13.5. The minimum absolute atomic E-state index is 0.387.